The molecule has 1 N–H and O–H groups in total. The van der Waals surface area contributed by atoms with Gasteiger partial charge in [0.05, 0.1) is 6.42 Å². The molecule has 4 nitrogen and oxygen atoms in total. The van der Waals surface area contributed by atoms with Gasteiger partial charge >= 0.3 is 5.97 Å². The van der Waals surface area contributed by atoms with Gasteiger partial charge in [-0.15, -0.1) is 0 Å². The minimum absolute atomic E-state index is 0.135. The monoisotopic (exact) mass is 298 g/mol. The number of hydrogen-bond acceptors (Lipinski definition) is 3. The molecule has 2 aliphatic rings. The van der Waals surface area contributed by atoms with Crippen molar-refractivity contribution in [1.82, 2.24) is 0 Å². The number of ether oxygens (including phenoxy) is 2. The molecule has 1 aromatic rings. The Balaban J connectivity index is 2.03. The van der Waals surface area contributed by atoms with Crippen molar-refractivity contribution in [1.29, 1.82) is 0 Å². The lowest BCUT2D eigenvalue weighted by Crippen LogP contribution is -2.17. The standard InChI is InChI=1S/C15H16F2O4/c16-15(17)11-6-13-12(20-3-4-21-13)5-10(11)9(7-14(18)19)8-1-2-8/h5-6,8-9,15H,1-4,7H2,(H,18,19). The first-order valence-corrected chi connectivity index (χ1v) is 6.99. The zero-order valence-electron chi connectivity index (χ0n) is 11.4. The summed E-state index contributed by atoms with van der Waals surface area (Å²) in [7, 11) is 0. The Morgan fingerprint density at radius 2 is 1.76 bits per heavy atom. The number of carboxylic acid groups (broad SMARTS) is 1. The highest BCUT2D eigenvalue weighted by molar-refractivity contribution is 5.68. The number of carboxylic acids is 1. The van der Waals surface area contributed by atoms with Gasteiger partial charge in [-0.25, -0.2) is 8.78 Å². The van der Waals surface area contributed by atoms with E-state index in [2.05, 4.69) is 0 Å². The van der Waals surface area contributed by atoms with Crippen LogP contribution in [-0.4, -0.2) is 24.3 Å². The lowest BCUT2D eigenvalue weighted by molar-refractivity contribution is -0.137. The highest BCUT2D eigenvalue weighted by Gasteiger charge is 2.37. The average Bonchev–Trinajstić information content (AvgIpc) is 3.27. The lowest BCUT2D eigenvalue weighted by Gasteiger charge is -2.24. The molecule has 0 aromatic heterocycles. The van der Waals surface area contributed by atoms with E-state index in [9.17, 15) is 13.6 Å². The van der Waals surface area contributed by atoms with Crippen molar-refractivity contribution >= 4 is 5.97 Å². The molecule has 1 unspecified atom stereocenters. The maximum atomic E-state index is 13.3. The molecule has 1 aliphatic heterocycles. The van der Waals surface area contributed by atoms with Gasteiger partial charge in [-0.05, 0) is 42.4 Å². The molecule has 0 saturated heterocycles. The van der Waals surface area contributed by atoms with E-state index in [-0.39, 0.29) is 23.8 Å². The van der Waals surface area contributed by atoms with E-state index >= 15 is 0 Å². The minimum atomic E-state index is -2.66. The van der Waals surface area contributed by atoms with E-state index in [1.807, 2.05) is 0 Å². The topological polar surface area (TPSA) is 55.8 Å². The molecule has 1 aliphatic carbocycles. The fraction of sp³-hybridized carbons (Fsp3) is 0.533. The predicted molar refractivity (Wildman–Crippen MR) is 70.1 cm³/mol. The van der Waals surface area contributed by atoms with Crippen molar-refractivity contribution in [3.8, 4) is 11.5 Å². The third-order valence-electron chi connectivity index (χ3n) is 3.97. The molecule has 1 heterocycles. The van der Waals surface area contributed by atoms with E-state index in [0.29, 0.717) is 30.3 Å². The highest BCUT2D eigenvalue weighted by atomic mass is 19.3. The summed E-state index contributed by atoms with van der Waals surface area (Å²) in [5.41, 5.74) is 0.247. The Hall–Kier alpha value is -1.85. The molecule has 114 valence electrons. The molecular weight excluding hydrogens is 282 g/mol. The molecular formula is C15H16F2O4. The molecule has 0 radical (unpaired) electrons. The second-order valence-electron chi connectivity index (χ2n) is 5.47. The van der Waals surface area contributed by atoms with E-state index in [1.165, 1.54) is 6.07 Å². The summed E-state index contributed by atoms with van der Waals surface area (Å²) < 4.78 is 37.4. The second kappa shape index (κ2) is 5.50. The summed E-state index contributed by atoms with van der Waals surface area (Å²) in [6.07, 6.45) is -1.03. The first kappa shape index (κ1) is 14.1. The normalized spacial score (nSPS) is 18.6. The Morgan fingerprint density at radius 1 is 1.19 bits per heavy atom. The third-order valence-corrected chi connectivity index (χ3v) is 3.97. The molecule has 1 aromatic carbocycles. The average molecular weight is 298 g/mol. The SMILES string of the molecule is O=C(O)CC(c1cc2c(cc1C(F)F)OCCO2)C1CC1. The molecule has 0 amide bonds. The van der Waals surface area contributed by atoms with Crippen LogP contribution < -0.4 is 9.47 Å². The van der Waals surface area contributed by atoms with Gasteiger partial charge in [0.1, 0.15) is 13.2 Å². The number of hydrogen-bond donors (Lipinski definition) is 1. The van der Waals surface area contributed by atoms with Gasteiger partial charge in [0.2, 0.25) is 0 Å². The summed E-state index contributed by atoms with van der Waals surface area (Å²) in [6.45, 7) is 0.698. The van der Waals surface area contributed by atoms with E-state index in [1.54, 1.807) is 6.07 Å². The van der Waals surface area contributed by atoms with Crippen LogP contribution in [0.4, 0.5) is 8.78 Å². The maximum absolute atomic E-state index is 13.3. The van der Waals surface area contributed by atoms with Crippen LogP contribution in [0.2, 0.25) is 0 Å². The molecule has 21 heavy (non-hydrogen) atoms. The minimum Gasteiger partial charge on any atom is -0.486 e. The van der Waals surface area contributed by atoms with Crippen LogP contribution in [0.25, 0.3) is 0 Å². The summed E-state index contributed by atoms with van der Waals surface area (Å²) in [4.78, 5) is 11.0. The van der Waals surface area contributed by atoms with Gasteiger partial charge in [-0.2, -0.15) is 0 Å². The van der Waals surface area contributed by atoms with Crippen LogP contribution >= 0.6 is 0 Å². The summed E-state index contributed by atoms with van der Waals surface area (Å²) in [5.74, 6) is -0.452. The van der Waals surface area contributed by atoms with Gasteiger partial charge in [0.25, 0.3) is 6.43 Å². The van der Waals surface area contributed by atoms with E-state index in [0.717, 1.165) is 12.8 Å². The molecule has 1 saturated carbocycles. The van der Waals surface area contributed by atoms with Crippen LogP contribution in [0.3, 0.4) is 0 Å². The zero-order valence-corrected chi connectivity index (χ0v) is 11.4. The Kier molecular flexibility index (Phi) is 3.69. The fourth-order valence-corrected chi connectivity index (χ4v) is 2.85. The number of fused-ring (bicyclic) bond motifs is 1. The molecule has 0 spiro atoms. The molecule has 3 rings (SSSR count). The second-order valence-corrected chi connectivity index (χ2v) is 5.47. The van der Waals surface area contributed by atoms with Crippen LogP contribution in [0.1, 0.15) is 42.7 Å². The zero-order chi connectivity index (χ0) is 15.0. The van der Waals surface area contributed by atoms with Crippen molar-refractivity contribution in [2.75, 3.05) is 13.2 Å². The van der Waals surface area contributed by atoms with Crippen molar-refractivity contribution in [3.63, 3.8) is 0 Å². The first-order chi connectivity index (χ1) is 10.1. The van der Waals surface area contributed by atoms with Crippen LogP contribution in [0.15, 0.2) is 12.1 Å². The predicted octanol–water partition coefficient (Wildman–Crippen LogP) is 3.36. The lowest BCUT2D eigenvalue weighted by atomic mass is 9.87. The van der Waals surface area contributed by atoms with Crippen LogP contribution in [0.5, 0.6) is 11.5 Å². The Morgan fingerprint density at radius 3 is 2.24 bits per heavy atom. The van der Waals surface area contributed by atoms with Gasteiger partial charge in [-0.1, -0.05) is 0 Å². The quantitative estimate of drug-likeness (QED) is 0.905. The van der Waals surface area contributed by atoms with E-state index in [4.69, 9.17) is 14.6 Å². The number of carbonyl (C=O) groups is 1. The number of rotatable bonds is 5. The third kappa shape index (κ3) is 2.94. The Labute approximate surface area is 120 Å². The van der Waals surface area contributed by atoms with Crippen molar-refractivity contribution < 1.29 is 28.2 Å². The summed E-state index contributed by atoms with van der Waals surface area (Å²) in [6, 6.07) is 2.84. The van der Waals surface area contributed by atoms with Gasteiger partial charge in [0.15, 0.2) is 11.5 Å². The Bertz CT molecular complexity index is 555. The smallest absolute Gasteiger partial charge is 0.303 e. The number of aliphatic carboxylic acids is 1. The van der Waals surface area contributed by atoms with Gasteiger partial charge < -0.3 is 14.6 Å². The number of alkyl halides is 2. The molecule has 1 atom stereocenters. The maximum Gasteiger partial charge on any atom is 0.303 e. The summed E-state index contributed by atoms with van der Waals surface area (Å²) in [5, 5.41) is 9.05. The fourth-order valence-electron chi connectivity index (χ4n) is 2.85. The van der Waals surface area contributed by atoms with Crippen LogP contribution in [0, 0.1) is 5.92 Å². The van der Waals surface area contributed by atoms with Gasteiger partial charge in [0, 0.05) is 5.56 Å². The number of halogens is 2. The summed E-state index contributed by atoms with van der Waals surface area (Å²) >= 11 is 0. The number of benzene rings is 1. The van der Waals surface area contributed by atoms with Crippen LogP contribution in [-0.2, 0) is 4.79 Å². The van der Waals surface area contributed by atoms with E-state index < -0.39 is 12.4 Å². The van der Waals surface area contributed by atoms with Gasteiger partial charge in [-0.3, -0.25) is 4.79 Å². The van der Waals surface area contributed by atoms with Crippen molar-refractivity contribution in [3.05, 3.63) is 23.3 Å². The van der Waals surface area contributed by atoms with Crippen molar-refractivity contribution in [2.24, 2.45) is 5.92 Å². The first-order valence-electron chi connectivity index (χ1n) is 6.99. The molecule has 0 bridgehead atoms. The van der Waals surface area contributed by atoms with Crippen molar-refractivity contribution in [2.45, 2.75) is 31.6 Å². The largest absolute Gasteiger partial charge is 0.486 e. The molecule has 1 fully saturated rings. The highest BCUT2D eigenvalue weighted by Crippen LogP contribution is 2.49. The molecule has 6 heteroatoms.